The molecule has 6 nitrogen and oxygen atoms in total. The number of nitrogens with zero attached hydrogens (tertiary/aromatic N) is 4. The van der Waals surface area contributed by atoms with Crippen molar-refractivity contribution in [2.24, 2.45) is 21.8 Å². The molecule has 1 aromatic rings. The van der Waals surface area contributed by atoms with Crippen LogP contribution in [0.1, 0.15) is 30.9 Å². The van der Waals surface area contributed by atoms with Gasteiger partial charge in [-0.05, 0) is 45.2 Å². The Morgan fingerprint density at radius 3 is 2.58 bits per heavy atom. The van der Waals surface area contributed by atoms with Gasteiger partial charge in [-0.25, -0.2) is 0 Å². The Balaban J connectivity index is 1.88. The molecule has 1 amide bonds. The second kappa shape index (κ2) is 10.5. The molecule has 9 heteroatoms. The number of allylic oxidation sites excluding steroid dienone is 1. The molecule has 2 saturated heterocycles. The quantitative estimate of drug-likeness (QED) is 0.624. The van der Waals surface area contributed by atoms with Gasteiger partial charge in [0.1, 0.15) is 0 Å². The lowest BCUT2D eigenvalue weighted by atomic mass is 9.91. The van der Waals surface area contributed by atoms with Gasteiger partial charge in [0.25, 0.3) is 0 Å². The number of hydrogen-bond donors (Lipinski definition) is 1. The van der Waals surface area contributed by atoms with E-state index in [1.165, 1.54) is 0 Å². The van der Waals surface area contributed by atoms with Crippen LogP contribution in [0.3, 0.4) is 0 Å². The molecule has 0 spiro atoms. The van der Waals surface area contributed by atoms with Gasteiger partial charge in [0, 0.05) is 68.7 Å². The number of rotatable bonds is 7. The number of carbonyl (C=O) groups excluding carboxylic acids is 1. The van der Waals surface area contributed by atoms with Gasteiger partial charge in [-0.15, -0.1) is 0 Å². The zero-order valence-electron chi connectivity index (χ0n) is 19.4. The molecular formula is C24H32F3N5O. The highest BCUT2D eigenvalue weighted by Crippen LogP contribution is 2.39. The number of benzene rings is 1. The molecule has 0 bridgehead atoms. The van der Waals surface area contributed by atoms with Crippen molar-refractivity contribution in [3.05, 3.63) is 29.3 Å². The zero-order valence-corrected chi connectivity index (χ0v) is 19.4. The Morgan fingerprint density at radius 2 is 2.00 bits per heavy atom. The van der Waals surface area contributed by atoms with Crippen molar-refractivity contribution in [3.63, 3.8) is 0 Å². The minimum Gasteiger partial charge on any atom is -0.368 e. The van der Waals surface area contributed by atoms with Crippen LogP contribution in [0.4, 0.5) is 24.5 Å². The third-order valence-corrected chi connectivity index (χ3v) is 6.22. The minimum atomic E-state index is -4.35. The molecule has 0 aromatic heterocycles. The molecule has 2 aliphatic rings. The summed E-state index contributed by atoms with van der Waals surface area (Å²) >= 11 is 0. The summed E-state index contributed by atoms with van der Waals surface area (Å²) in [6.45, 7) is 7.30. The fourth-order valence-corrected chi connectivity index (χ4v) is 4.78. The molecule has 3 rings (SSSR count). The molecule has 180 valence electrons. The maximum absolute atomic E-state index is 13.8. The third kappa shape index (κ3) is 6.01. The van der Waals surface area contributed by atoms with E-state index in [0.29, 0.717) is 29.9 Å². The average molecular weight is 464 g/mol. The van der Waals surface area contributed by atoms with E-state index in [1.807, 2.05) is 26.1 Å². The van der Waals surface area contributed by atoms with Crippen LogP contribution < -0.4 is 10.2 Å². The standard InChI is InChI=1S/C24H32F3N5O/c1-5-6-20-21(8-7-17(11-28-2)23(20)29-3)32-14-18(24(25,26)27)10-19(15-32)30-22(33)9-16-12-31(4)13-16/h5-8,11,16,18-19H,3,9-10,12-15H2,1-2,4H3,(H,30,33)/b6-5-,28-11?. The molecule has 2 unspecified atom stereocenters. The number of anilines is 1. The summed E-state index contributed by atoms with van der Waals surface area (Å²) in [4.78, 5) is 24.5. The number of piperidine rings is 1. The van der Waals surface area contributed by atoms with Crippen molar-refractivity contribution in [2.45, 2.75) is 32.0 Å². The number of alkyl halides is 3. The Hall–Kier alpha value is -2.68. The van der Waals surface area contributed by atoms with Crippen LogP contribution in [0.15, 0.2) is 28.2 Å². The van der Waals surface area contributed by atoms with E-state index < -0.39 is 18.1 Å². The molecule has 33 heavy (non-hydrogen) atoms. The largest absolute Gasteiger partial charge is 0.393 e. The molecule has 2 aliphatic heterocycles. The number of nitrogens with one attached hydrogen (secondary N) is 1. The van der Waals surface area contributed by atoms with Crippen molar-refractivity contribution < 1.29 is 18.0 Å². The molecule has 2 heterocycles. The fraction of sp³-hybridized carbons (Fsp3) is 0.542. The molecule has 1 N–H and O–H groups in total. The minimum absolute atomic E-state index is 0.123. The normalized spacial score (nSPS) is 22.7. The van der Waals surface area contributed by atoms with Gasteiger partial charge in [-0.2, -0.15) is 13.2 Å². The number of carbonyl (C=O) groups is 1. The molecule has 2 atom stereocenters. The van der Waals surface area contributed by atoms with Crippen molar-refractivity contribution in [2.75, 3.05) is 45.2 Å². The lowest BCUT2D eigenvalue weighted by Crippen LogP contribution is -2.55. The second-order valence-corrected chi connectivity index (χ2v) is 8.92. The summed E-state index contributed by atoms with van der Waals surface area (Å²) < 4.78 is 41.4. The number of hydrogen-bond acceptors (Lipinski definition) is 5. The summed E-state index contributed by atoms with van der Waals surface area (Å²) in [6, 6.07) is 2.99. The summed E-state index contributed by atoms with van der Waals surface area (Å²) in [5.41, 5.74) is 2.64. The lowest BCUT2D eigenvalue weighted by molar-refractivity contribution is -0.178. The molecule has 2 fully saturated rings. The van der Waals surface area contributed by atoms with E-state index in [0.717, 1.165) is 18.7 Å². The topological polar surface area (TPSA) is 60.3 Å². The monoisotopic (exact) mass is 463 g/mol. The van der Waals surface area contributed by atoms with Crippen molar-refractivity contribution >= 4 is 36.3 Å². The van der Waals surface area contributed by atoms with Crippen molar-refractivity contribution in [1.29, 1.82) is 0 Å². The van der Waals surface area contributed by atoms with Gasteiger partial charge in [0.2, 0.25) is 5.91 Å². The smallest absolute Gasteiger partial charge is 0.368 e. The van der Waals surface area contributed by atoms with Gasteiger partial charge in [0.15, 0.2) is 0 Å². The first-order chi connectivity index (χ1) is 15.7. The summed E-state index contributed by atoms with van der Waals surface area (Å²) in [5.74, 6) is -1.46. The van der Waals surface area contributed by atoms with Gasteiger partial charge in [-0.1, -0.05) is 12.2 Å². The van der Waals surface area contributed by atoms with Crippen LogP contribution in [0.2, 0.25) is 0 Å². The van der Waals surface area contributed by atoms with E-state index >= 15 is 0 Å². The Bertz CT molecular complexity index is 921. The van der Waals surface area contributed by atoms with E-state index in [2.05, 4.69) is 26.9 Å². The van der Waals surface area contributed by atoms with Crippen molar-refractivity contribution in [1.82, 2.24) is 10.2 Å². The van der Waals surface area contributed by atoms with Gasteiger partial charge in [0.05, 0.1) is 11.6 Å². The predicted molar refractivity (Wildman–Crippen MR) is 128 cm³/mol. The van der Waals surface area contributed by atoms with E-state index in [-0.39, 0.29) is 24.8 Å². The maximum atomic E-state index is 13.8. The first kappa shape index (κ1) is 25.0. The molecule has 0 saturated carbocycles. The number of amides is 1. The summed E-state index contributed by atoms with van der Waals surface area (Å²) in [7, 11) is 3.62. The van der Waals surface area contributed by atoms with Crippen molar-refractivity contribution in [3.8, 4) is 0 Å². The highest BCUT2D eigenvalue weighted by Gasteiger charge is 2.45. The Labute approximate surface area is 193 Å². The van der Waals surface area contributed by atoms with Gasteiger partial charge >= 0.3 is 6.18 Å². The number of likely N-dealkylation sites (tertiary alicyclic amines) is 1. The highest BCUT2D eigenvalue weighted by molar-refractivity contribution is 5.93. The van der Waals surface area contributed by atoms with Crippen LogP contribution >= 0.6 is 0 Å². The summed E-state index contributed by atoms with van der Waals surface area (Å²) in [5, 5.41) is 2.87. The third-order valence-electron chi connectivity index (χ3n) is 6.22. The van der Waals surface area contributed by atoms with Crippen LogP contribution in [0.25, 0.3) is 6.08 Å². The summed E-state index contributed by atoms with van der Waals surface area (Å²) in [6.07, 6.45) is 1.16. The van der Waals surface area contributed by atoms with E-state index in [4.69, 9.17) is 0 Å². The SMILES string of the molecule is C=Nc1c(C=NC)ccc(N2CC(NC(=O)CC3CN(C)C3)CC(C(F)(F)F)C2)c1/C=C\C. The first-order valence-electron chi connectivity index (χ1n) is 11.1. The van der Waals surface area contributed by atoms with Crippen LogP contribution in [0.5, 0.6) is 0 Å². The number of halogens is 3. The van der Waals surface area contributed by atoms with Crippen LogP contribution in [0, 0.1) is 11.8 Å². The average Bonchev–Trinajstić information content (AvgIpc) is 2.72. The Morgan fingerprint density at radius 1 is 1.27 bits per heavy atom. The van der Waals surface area contributed by atoms with Crippen LogP contribution in [-0.2, 0) is 4.79 Å². The van der Waals surface area contributed by atoms with E-state index in [1.54, 1.807) is 30.3 Å². The highest BCUT2D eigenvalue weighted by atomic mass is 19.4. The number of aliphatic imine (C=N–C) groups is 2. The Kier molecular flexibility index (Phi) is 7.94. The predicted octanol–water partition coefficient (Wildman–Crippen LogP) is 3.93. The molecule has 1 aromatic carbocycles. The maximum Gasteiger partial charge on any atom is 0.393 e. The van der Waals surface area contributed by atoms with Gasteiger partial charge < -0.3 is 15.1 Å². The van der Waals surface area contributed by atoms with Crippen LogP contribution in [-0.4, -0.2) is 76.2 Å². The second-order valence-electron chi connectivity index (χ2n) is 8.92. The fourth-order valence-electron chi connectivity index (χ4n) is 4.78. The molecule has 0 aliphatic carbocycles. The van der Waals surface area contributed by atoms with E-state index in [9.17, 15) is 18.0 Å². The zero-order chi connectivity index (χ0) is 24.2. The first-order valence-corrected chi connectivity index (χ1v) is 11.1. The molecule has 0 radical (unpaired) electrons. The molecular weight excluding hydrogens is 431 g/mol. The lowest BCUT2D eigenvalue weighted by Gasteiger charge is -2.41. The van der Waals surface area contributed by atoms with Gasteiger partial charge in [-0.3, -0.25) is 14.8 Å².